The van der Waals surface area contributed by atoms with Crippen LogP contribution in [0.3, 0.4) is 0 Å². The van der Waals surface area contributed by atoms with Gasteiger partial charge in [-0.05, 0) is 80.8 Å². The summed E-state index contributed by atoms with van der Waals surface area (Å²) in [4.78, 5) is 17.6. The molecule has 0 spiro atoms. The monoisotopic (exact) mass is 461 g/mol. The van der Waals surface area contributed by atoms with E-state index in [0.717, 1.165) is 35.6 Å². The molecule has 1 aromatic heterocycles. The molecule has 170 valence electrons. The summed E-state index contributed by atoms with van der Waals surface area (Å²) in [5.74, 6) is 1.53. The number of hydrogen-bond donors (Lipinski definition) is 1. The highest BCUT2D eigenvalue weighted by atomic mass is 35.5. The number of nitrogens with zero attached hydrogens (tertiary/aromatic N) is 2. The molecule has 1 N–H and O–H groups in total. The number of rotatable bonds is 8. The van der Waals surface area contributed by atoms with Crippen molar-refractivity contribution >= 4 is 28.5 Å². The van der Waals surface area contributed by atoms with Gasteiger partial charge in [0.2, 0.25) is 0 Å². The van der Waals surface area contributed by atoms with Gasteiger partial charge < -0.3 is 14.6 Å². The van der Waals surface area contributed by atoms with Crippen molar-refractivity contribution in [3.63, 3.8) is 0 Å². The van der Waals surface area contributed by atoms with Crippen LogP contribution >= 0.6 is 11.6 Å². The highest BCUT2D eigenvalue weighted by Gasteiger charge is 2.19. The molecule has 4 aromatic rings. The van der Waals surface area contributed by atoms with Crippen LogP contribution in [0, 0.1) is 13.8 Å². The molecule has 0 bridgehead atoms. The maximum atomic E-state index is 12.8. The highest BCUT2D eigenvalue weighted by molar-refractivity contribution is 6.30. The first-order valence-electron chi connectivity index (χ1n) is 11.1. The van der Waals surface area contributed by atoms with Gasteiger partial charge in [-0.1, -0.05) is 35.9 Å². The first-order chi connectivity index (χ1) is 15.9. The van der Waals surface area contributed by atoms with Crippen LogP contribution in [0.4, 0.5) is 0 Å². The van der Waals surface area contributed by atoms with Crippen LogP contribution in [0.15, 0.2) is 66.7 Å². The predicted molar refractivity (Wildman–Crippen MR) is 133 cm³/mol. The van der Waals surface area contributed by atoms with Gasteiger partial charge in [0.15, 0.2) is 0 Å². The summed E-state index contributed by atoms with van der Waals surface area (Å²) >= 11 is 6.05. The average molecular weight is 462 g/mol. The minimum absolute atomic E-state index is 0.179. The Morgan fingerprint density at radius 1 is 1.06 bits per heavy atom. The molecule has 1 amide bonds. The van der Waals surface area contributed by atoms with E-state index in [2.05, 4.69) is 48.0 Å². The molecular formula is C27H28ClN3O2. The zero-order valence-electron chi connectivity index (χ0n) is 19.1. The summed E-state index contributed by atoms with van der Waals surface area (Å²) in [5.41, 5.74) is 4.86. The lowest BCUT2D eigenvalue weighted by atomic mass is 10.1. The van der Waals surface area contributed by atoms with Gasteiger partial charge in [0.05, 0.1) is 23.7 Å². The van der Waals surface area contributed by atoms with Gasteiger partial charge in [-0.2, -0.15) is 0 Å². The smallest absolute Gasteiger partial charge is 0.251 e. The van der Waals surface area contributed by atoms with Gasteiger partial charge in [0, 0.05) is 17.1 Å². The number of nitrogens with one attached hydrogen (secondary N) is 1. The van der Waals surface area contributed by atoms with Crippen molar-refractivity contribution in [3.8, 4) is 5.75 Å². The average Bonchev–Trinajstić information content (AvgIpc) is 3.15. The molecule has 1 unspecified atom stereocenters. The quantitative estimate of drug-likeness (QED) is 0.315. The molecule has 0 saturated carbocycles. The molecule has 0 saturated heterocycles. The van der Waals surface area contributed by atoms with E-state index >= 15 is 0 Å². The fourth-order valence-corrected chi connectivity index (χ4v) is 4.25. The van der Waals surface area contributed by atoms with Crippen molar-refractivity contribution in [1.29, 1.82) is 0 Å². The first kappa shape index (κ1) is 22.9. The number of amides is 1. The normalized spacial score (nSPS) is 12.0. The zero-order valence-corrected chi connectivity index (χ0v) is 19.9. The Kier molecular flexibility index (Phi) is 6.99. The van der Waals surface area contributed by atoms with Crippen molar-refractivity contribution in [2.24, 2.45) is 0 Å². The lowest BCUT2D eigenvalue weighted by molar-refractivity contribution is 0.0937. The molecule has 1 atom stereocenters. The largest absolute Gasteiger partial charge is 0.494 e. The summed E-state index contributed by atoms with van der Waals surface area (Å²) in [7, 11) is 0. The molecular weight excluding hydrogens is 434 g/mol. The van der Waals surface area contributed by atoms with Crippen LogP contribution in [-0.2, 0) is 6.54 Å². The lowest BCUT2D eigenvalue weighted by Crippen LogP contribution is -2.28. The Morgan fingerprint density at radius 3 is 2.58 bits per heavy atom. The molecule has 33 heavy (non-hydrogen) atoms. The first-order valence-corrected chi connectivity index (χ1v) is 11.5. The summed E-state index contributed by atoms with van der Waals surface area (Å²) in [6, 6.07) is 20.9. The van der Waals surface area contributed by atoms with E-state index < -0.39 is 0 Å². The van der Waals surface area contributed by atoms with Gasteiger partial charge in [-0.15, -0.1) is 0 Å². The van der Waals surface area contributed by atoms with Gasteiger partial charge in [0.1, 0.15) is 11.6 Å². The third kappa shape index (κ3) is 5.55. The van der Waals surface area contributed by atoms with Crippen molar-refractivity contribution < 1.29 is 9.53 Å². The Labute approximate surface area is 199 Å². The van der Waals surface area contributed by atoms with E-state index in [1.807, 2.05) is 25.1 Å². The minimum atomic E-state index is -0.274. The molecule has 0 aliphatic rings. The summed E-state index contributed by atoms with van der Waals surface area (Å²) in [5, 5.41) is 3.59. The number of ether oxygens (including phenoxy) is 1. The second-order valence-corrected chi connectivity index (χ2v) is 8.78. The lowest BCUT2D eigenvalue weighted by Gasteiger charge is -2.17. The number of imidazole rings is 1. The molecule has 0 aliphatic heterocycles. The second-order valence-electron chi connectivity index (χ2n) is 8.34. The molecule has 0 fully saturated rings. The Hall–Kier alpha value is -3.31. The SMILES string of the molecule is Cc1cc(C)cc(OCCCn2c(C(C)NC(=O)c3cccc(Cl)c3)nc3ccccc32)c1. The van der Waals surface area contributed by atoms with E-state index in [0.29, 0.717) is 17.2 Å². The number of aromatic nitrogens is 2. The van der Waals surface area contributed by atoms with Gasteiger partial charge in [0.25, 0.3) is 5.91 Å². The van der Waals surface area contributed by atoms with Crippen molar-refractivity contribution in [3.05, 3.63) is 94.3 Å². The summed E-state index contributed by atoms with van der Waals surface area (Å²) in [6.07, 6.45) is 0.815. The van der Waals surface area contributed by atoms with E-state index in [4.69, 9.17) is 21.3 Å². The van der Waals surface area contributed by atoms with Crippen LogP contribution in [0.5, 0.6) is 5.75 Å². The molecule has 1 heterocycles. The maximum absolute atomic E-state index is 12.8. The third-order valence-corrected chi connectivity index (χ3v) is 5.73. The van der Waals surface area contributed by atoms with Crippen molar-refractivity contribution in [1.82, 2.24) is 14.9 Å². The fourth-order valence-electron chi connectivity index (χ4n) is 4.06. The number of halogens is 1. The number of hydrogen-bond acceptors (Lipinski definition) is 3. The van der Waals surface area contributed by atoms with Crippen molar-refractivity contribution in [2.45, 2.75) is 39.8 Å². The zero-order chi connectivity index (χ0) is 23.4. The summed E-state index contributed by atoms with van der Waals surface area (Å²) in [6.45, 7) is 7.42. The molecule has 0 aliphatic carbocycles. The molecule has 4 rings (SSSR count). The molecule has 0 radical (unpaired) electrons. The third-order valence-electron chi connectivity index (χ3n) is 5.50. The number of carbonyl (C=O) groups excluding carboxylic acids is 1. The topological polar surface area (TPSA) is 56.1 Å². The van der Waals surface area contributed by atoms with Gasteiger partial charge in [-0.3, -0.25) is 4.79 Å². The highest BCUT2D eigenvalue weighted by Crippen LogP contribution is 2.22. The Bertz CT molecular complexity index is 1260. The Morgan fingerprint density at radius 2 is 1.82 bits per heavy atom. The predicted octanol–water partition coefficient (Wildman–Crippen LogP) is 6.27. The fraction of sp³-hybridized carbons (Fsp3) is 0.259. The van der Waals surface area contributed by atoms with E-state index in [-0.39, 0.29) is 11.9 Å². The summed E-state index contributed by atoms with van der Waals surface area (Å²) < 4.78 is 8.17. The standard InChI is InChI=1S/C27H28ClN3O2/c1-18-14-19(2)16-23(15-18)33-13-7-12-31-25-11-5-4-10-24(25)30-26(31)20(3)29-27(32)21-8-6-9-22(28)17-21/h4-6,8-11,14-17,20H,7,12-13H2,1-3H3,(H,29,32). The Balaban J connectivity index is 1.48. The molecule has 6 heteroatoms. The van der Waals surface area contributed by atoms with Crippen LogP contribution in [0.25, 0.3) is 11.0 Å². The second kappa shape index (κ2) is 10.1. The van der Waals surface area contributed by atoms with Gasteiger partial charge in [-0.25, -0.2) is 4.98 Å². The van der Waals surface area contributed by atoms with E-state index in [1.165, 1.54) is 11.1 Å². The number of aryl methyl sites for hydroxylation is 3. The van der Waals surface area contributed by atoms with Crippen LogP contribution in [0.1, 0.15) is 46.7 Å². The molecule has 5 nitrogen and oxygen atoms in total. The van der Waals surface area contributed by atoms with Gasteiger partial charge >= 0.3 is 0 Å². The number of para-hydroxylation sites is 2. The minimum Gasteiger partial charge on any atom is -0.494 e. The van der Waals surface area contributed by atoms with Crippen molar-refractivity contribution in [2.75, 3.05) is 6.61 Å². The van der Waals surface area contributed by atoms with Crippen LogP contribution in [-0.4, -0.2) is 22.1 Å². The van der Waals surface area contributed by atoms with E-state index in [1.54, 1.807) is 24.3 Å². The number of carbonyl (C=O) groups is 1. The number of benzene rings is 3. The van der Waals surface area contributed by atoms with Crippen LogP contribution < -0.4 is 10.1 Å². The molecule has 3 aromatic carbocycles. The number of fused-ring (bicyclic) bond motifs is 1. The van der Waals surface area contributed by atoms with E-state index in [9.17, 15) is 4.79 Å². The maximum Gasteiger partial charge on any atom is 0.251 e. The van der Waals surface area contributed by atoms with Crippen LogP contribution in [0.2, 0.25) is 5.02 Å².